The van der Waals surface area contributed by atoms with Crippen LogP contribution in [0.25, 0.3) is 0 Å². The lowest BCUT2D eigenvalue weighted by Gasteiger charge is -2.25. The quantitative estimate of drug-likeness (QED) is 0.693. The minimum absolute atomic E-state index is 0.00842. The zero-order valence-corrected chi connectivity index (χ0v) is 12.3. The molecule has 1 unspecified atom stereocenters. The van der Waals surface area contributed by atoms with Crippen LogP contribution in [0.5, 0.6) is 0 Å². The predicted octanol–water partition coefficient (Wildman–Crippen LogP) is 3.81. The smallest absolute Gasteiger partial charge is 0.165 e. The van der Waals surface area contributed by atoms with Crippen molar-refractivity contribution in [3.8, 4) is 0 Å². The Morgan fingerprint density at radius 1 is 1.29 bits per heavy atom. The standard InChI is InChI=1S/C17H16ClNO2/c18-13-7-12(8-14(19)9-13)16(20)10-17-15-4-2-1-3-11(15)5-6-21-17/h1-4,7-9,17H,5-6,10,19H2. The van der Waals surface area contributed by atoms with Crippen LogP contribution in [0.1, 0.15) is 34.0 Å². The van der Waals surface area contributed by atoms with Crippen molar-refractivity contribution < 1.29 is 9.53 Å². The van der Waals surface area contributed by atoms with Crippen LogP contribution in [0.15, 0.2) is 42.5 Å². The third kappa shape index (κ3) is 3.09. The molecule has 0 saturated heterocycles. The van der Waals surface area contributed by atoms with E-state index in [1.807, 2.05) is 18.2 Å². The van der Waals surface area contributed by atoms with Crippen molar-refractivity contribution >= 4 is 23.1 Å². The van der Waals surface area contributed by atoms with Crippen LogP contribution in [0.4, 0.5) is 5.69 Å². The van der Waals surface area contributed by atoms with Crippen molar-refractivity contribution in [2.45, 2.75) is 18.9 Å². The molecule has 108 valence electrons. The van der Waals surface area contributed by atoms with Crippen LogP contribution in [0.2, 0.25) is 5.02 Å². The summed E-state index contributed by atoms with van der Waals surface area (Å²) in [5, 5.41) is 0.475. The molecular weight excluding hydrogens is 286 g/mol. The number of fused-ring (bicyclic) bond motifs is 1. The molecule has 2 aromatic rings. The maximum atomic E-state index is 12.4. The largest absolute Gasteiger partial charge is 0.399 e. The molecule has 2 N–H and O–H groups in total. The number of benzene rings is 2. The van der Waals surface area contributed by atoms with E-state index in [-0.39, 0.29) is 11.9 Å². The van der Waals surface area contributed by atoms with Gasteiger partial charge in [-0.15, -0.1) is 0 Å². The molecule has 3 nitrogen and oxygen atoms in total. The Kier molecular flexibility index (Phi) is 3.95. The third-order valence-electron chi connectivity index (χ3n) is 3.71. The van der Waals surface area contributed by atoms with E-state index in [4.69, 9.17) is 22.1 Å². The lowest BCUT2D eigenvalue weighted by Crippen LogP contribution is -2.19. The fourth-order valence-corrected chi connectivity index (χ4v) is 2.95. The molecule has 21 heavy (non-hydrogen) atoms. The summed E-state index contributed by atoms with van der Waals surface area (Å²) < 4.78 is 5.77. The first-order chi connectivity index (χ1) is 10.1. The van der Waals surface area contributed by atoms with E-state index in [1.165, 1.54) is 5.56 Å². The van der Waals surface area contributed by atoms with Crippen molar-refractivity contribution in [3.05, 3.63) is 64.2 Å². The highest BCUT2D eigenvalue weighted by Gasteiger charge is 2.23. The summed E-state index contributed by atoms with van der Waals surface area (Å²) in [4.78, 5) is 12.4. The molecule has 1 heterocycles. The molecule has 0 aromatic heterocycles. The summed E-state index contributed by atoms with van der Waals surface area (Å²) in [5.74, 6) is -0.00842. The van der Waals surface area contributed by atoms with Crippen LogP contribution >= 0.6 is 11.6 Å². The van der Waals surface area contributed by atoms with E-state index in [2.05, 4.69) is 6.07 Å². The number of rotatable bonds is 3. The van der Waals surface area contributed by atoms with Gasteiger partial charge < -0.3 is 10.5 Å². The summed E-state index contributed by atoms with van der Waals surface area (Å²) in [6, 6.07) is 13.0. The first-order valence-electron chi connectivity index (χ1n) is 6.92. The topological polar surface area (TPSA) is 52.3 Å². The normalized spacial score (nSPS) is 17.3. The fourth-order valence-electron chi connectivity index (χ4n) is 2.71. The predicted molar refractivity (Wildman–Crippen MR) is 83.7 cm³/mol. The first-order valence-corrected chi connectivity index (χ1v) is 7.30. The Balaban J connectivity index is 1.82. The highest BCUT2D eigenvalue weighted by atomic mass is 35.5. The Morgan fingerprint density at radius 2 is 2.10 bits per heavy atom. The third-order valence-corrected chi connectivity index (χ3v) is 3.92. The Bertz CT molecular complexity index is 664. The number of Topliss-reactive ketones (excluding diaryl/α,β-unsaturated/α-hetero) is 1. The van der Waals surface area contributed by atoms with E-state index >= 15 is 0 Å². The SMILES string of the molecule is Nc1cc(Cl)cc(C(=O)CC2OCCc3ccccc32)c1. The van der Waals surface area contributed by atoms with Gasteiger partial charge in [0.1, 0.15) is 0 Å². The molecule has 1 aliphatic rings. The average molecular weight is 302 g/mol. The van der Waals surface area contributed by atoms with E-state index < -0.39 is 0 Å². The summed E-state index contributed by atoms with van der Waals surface area (Å²) >= 11 is 5.95. The molecule has 2 aromatic carbocycles. The first kappa shape index (κ1) is 14.1. The van der Waals surface area contributed by atoms with Gasteiger partial charge in [0.25, 0.3) is 0 Å². The van der Waals surface area contributed by atoms with Crippen LogP contribution in [0.3, 0.4) is 0 Å². The van der Waals surface area contributed by atoms with Gasteiger partial charge in [-0.1, -0.05) is 35.9 Å². The van der Waals surface area contributed by atoms with E-state index in [1.54, 1.807) is 18.2 Å². The van der Waals surface area contributed by atoms with Gasteiger partial charge in [0.15, 0.2) is 5.78 Å². The molecule has 0 bridgehead atoms. The van der Waals surface area contributed by atoms with E-state index in [0.29, 0.717) is 29.3 Å². The van der Waals surface area contributed by atoms with Crippen molar-refractivity contribution in [1.29, 1.82) is 0 Å². The van der Waals surface area contributed by atoms with Gasteiger partial charge in [-0.2, -0.15) is 0 Å². The summed E-state index contributed by atoms with van der Waals surface area (Å²) in [6.07, 6.45) is 1.00. The summed E-state index contributed by atoms with van der Waals surface area (Å²) in [6.45, 7) is 0.645. The second-order valence-electron chi connectivity index (χ2n) is 5.21. The number of hydrogen-bond acceptors (Lipinski definition) is 3. The molecule has 0 amide bonds. The van der Waals surface area contributed by atoms with Crippen LogP contribution in [-0.2, 0) is 11.2 Å². The Labute approximate surface area is 128 Å². The van der Waals surface area contributed by atoms with Gasteiger partial charge >= 0.3 is 0 Å². The number of nitrogen functional groups attached to an aromatic ring is 1. The summed E-state index contributed by atoms with van der Waals surface area (Å²) in [5.41, 5.74) is 9.13. The number of ketones is 1. The lowest BCUT2D eigenvalue weighted by molar-refractivity contribution is 0.0352. The minimum Gasteiger partial charge on any atom is -0.399 e. The maximum absolute atomic E-state index is 12.4. The number of carbonyl (C=O) groups is 1. The van der Waals surface area contributed by atoms with E-state index in [0.717, 1.165) is 12.0 Å². The van der Waals surface area contributed by atoms with Gasteiger partial charge in [0.2, 0.25) is 0 Å². The number of carbonyl (C=O) groups excluding carboxylic acids is 1. The second kappa shape index (κ2) is 5.88. The van der Waals surface area contributed by atoms with Crippen molar-refractivity contribution in [2.75, 3.05) is 12.3 Å². The van der Waals surface area contributed by atoms with Crippen molar-refractivity contribution in [1.82, 2.24) is 0 Å². The molecular formula is C17H16ClNO2. The van der Waals surface area contributed by atoms with Crippen molar-refractivity contribution in [2.24, 2.45) is 0 Å². The Morgan fingerprint density at radius 3 is 2.90 bits per heavy atom. The van der Waals surface area contributed by atoms with Gasteiger partial charge in [-0.05, 0) is 35.7 Å². The molecule has 0 radical (unpaired) electrons. The van der Waals surface area contributed by atoms with Gasteiger partial charge in [-0.3, -0.25) is 4.79 Å². The van der Waals surface area contributed by atoms with Gasteiger partial charge in [0, 0.05) is 22.7 Å². The molecule has 1 atom stereocenters. The lowest BCUT2D eigenvalue weighted by atomic mass is 9.93. The van der Waals surface area contributed by atoms with Crippen molar-refractivity contribution in [3.63, 3.8) is 0 Å². The minimum atomic E-state index is -0.192. The monoisotopic (exact) mass is 301 g/mol. The van der Waals surface area contributed by atoms with Crippen LogP contribution < -0.4 is 5.73 Å². The zero-order valence-electron chi connectivity index (χ0n) is 11.5. The molecule has 0 aliphatic carbocycles. The number of anilines is 1. The maximum Gasteiger partial charge on any atom is 0.165 e. The Hall–Kier alpha value is -1.84. The number of hydrogen-bond donors (Lipinski definition) is 1. The average Bonchev–Trinajstić information content (AvgIpc) is 2.46. The summed E-state index contributed by atoms with van der Waals surface area (Å²) in [7, 11) is 0. The highest BCUT2D eigenvalue weighted by molar-refractivity contribution is 6.31. The number of nitrogens with two attached hydrogens (primary N) is 1. The number of ether oxygens (including phenoxy) is 1. The van der Waals surface area contributed by atoms with Crippen LogP contribution in [0, 0.1) is 0 Å². The second-order valence-corrected chi connectivity index (χ2v) is 5.65. The van der Waals surface area contributed by atoms with E-state index in [9.17, 15) is 4.79 Å². The molecule has 0 spiro atoms. The fraction of sp³-hybridized carbons (Fsp3) is 0.235. The molecule has 3 rings (SSSR count). The molecule has 4 heteroatoms. The molecule has 0 saturated carbocycles. The number of halogens is 1. The highest BCUT2D eigenvalue weighted by Crippen LogP contribution is 2.31. The van der Waals surface area contributed by atoms with Gasteiger partial charge in [-0.25, -0.2) is 0 Å². The zero-order chi connectivity index (χ0) is 14.8. The van der Waals surface area contributed by atoms with Crippen LogP contribution in [-0.4, -0.2) is 12.4 Å². The van der Waals surface area contributed by atoms with Gasteiger partial charge in [0.05, 0.1) is 12.7 Å². The molecule has 1 aliphatic heterocycles. The molecule has 0 fully saturated rings.